The maximum absolute atomic E-state index is 13.5. The molecule has 0 saturated carbocycles. The summed E-state index contributed by atoms with van der Waals surface area (Å²) in [6.45, 7) is 5.63. The third kappa shape index (κ3) is 8.13. The summed E-state index contributed by atoms with van der Waals surface area (Å²) >= 11 is 0. The summed E-state index contributed by atoms with van der Waals surface area (Å²) in [6, 6.07) is 20.9. The summed E-state index contributed by atoms with van der Waals surface area (Å²) in [5, 5.41) is 0. The molecule has 3 rings (SSSR count). The Balaban J connectivity index is 0.000000654. The largest absolute Gasteiger partial charge is 0.759 e. The van der Waals surface area contributed by atoms with Gasteiger partial charge in [-0.2, -0.15) is 0 Å². The molecule has 2 aromatic rings. The lowest BCUT2D eigenvalue weighted by Crippen LogP contribution is -2.39. The van der Waals surface area contributed by atoms with E-state index >= 15 is 0 Å². The van der Waals surface area contributed by atoms with Crippen LogP contribution in [0.1, 0.15) is 63.0 Å². The van der Waals surface area contributed by atoms with Crippen molar-refractivity contribution in [3.63, 3.8) is 0 Å². The van der Waals surface area contributed by atoms with Gasteiger partial charge in [-0.1, -0.05) is 74.0 Å². The zero-order valence-corrected chi connectivity index (χ0v) is 19.6. The van der Waals surface area contributed by atoms with E-state index in [4.69, 9.17) is 17.5 Å². The van der Waals surface area contributed by atoms with Gasteiger partial charge in [0.1, 0.15) is 5.78 Å². The summed E-state index contributed by atoms with van der Waals surface area (Å²) in [5.74, 6) is 0.362. The summed E-state index contributed by atoms with van der Waals surface area (Å²) in [7, 11) is -5.17. The summed E-state index contributed by atoms with van der Waals surface area (Å²) in [5.41, 5.74) is 1.77. The predicted octanol–water partition coefficient (Wildman–Crippen LogP) is 4.27. The number of ketones is 1. The Morgan fingerprint density at radius 3 is 1.81 bits per heavy atom. The lowest BCUT2D eigenvalue weighted by molar-refractivity contribution is -0.123. The highest BCUT2D eigenvalue weighted by atomic mass is 32.3. The van der Waals surface area contributed by atoms with E-state index in [1.807, 2.05) is 12.1 Å². The van der Waals surface area contributed by atoms with E-state index < -0.39 is 15.8 Å². The molecule has 1 aliphatic heterocycles. The molecule has 0 atom stereocenters. The minimum Gasteiger partial charge on any atom is -0.759 e. The molecule has 1 heterocycles. The highest BCUT2D eigenvalue weighted by molar-refractivity contribution is 7.79. The fourth-order valence-electron chi connectivity index (χ4n) is 4.55. The third-order valence-corrected chi connectivity index (χ3v) is 5.96. The van der Waals surface area contributed by atoms with E-state index in [1.54, 1.807) is 0 Å². The van der Waals surface area contributed by atoms with Gasteiger partial charge in [0.05, 0.1) is 5.41 Å². The van der Waals surface area contributed by atoms with Crippen molar-refractivity contribution < 1.29 is 22.3 Å². The monoisotopic (exact) mass is 459 g/mol. The minimum absolute atomic E-state index is 0.362. The van der Waals surface area contributed by atoms with Crippen LogP contribution in [-0.2, 0) is 20.6 Å². The van der Waals surface area contributed by atoms with Crippen LogP contribution < -0.4 is 0 Å². The lowest BCUT2D eigenvalue weighted by Gasteiger charge is -2.35. The normalized spacial score (nSPS) is 15.0. The van der Waals surface area contributed by atoms with Crippen molar-refractivity contribution in [2.45, 2.75) is 57.3 Å². The Kier molecular flexibility index (Phi) is 10.5. The molecule has 0 amide bonds. The standard InChI is InChI=1S/C25H33NO.H2O4S/c1-2-13-24(27)25(22-14-6-3-7-15-22,23-16-8-4-9-17-23)18-12-21-26-19-10-5-11-20-26;1-5(2,3)4/h3-4,6-9,14-17H,2,5,10-13,18-21H2,1H3;(H2,1,2,3,4)/p-2. The fraction of sp³-hybridized carbons (Fsp3) is 0.480. The number of Topliss-reactive ketones (excluding diaryl/α,β-unsaturated/α-hetero) is 1. The number of carbonyl (C=O) groups excluding carboxylic acids is 1. The van der Waals surface area contributed by atoms with Crippen molar-refractivity contribution in [1.82, 2.24) is 4.90 Å². The van der Waals surface area contributed by atoms with E-state index in [0.29, 0.717) is 12.2 Å². The molecule has 0 bridgehead atoms. The summed E-state index contributed by atoms with van der Waals surface area (Å²) in [6.07, 6.45) is 7.47. The molecule has 1 saturated heterocycles. The summed E-state index contributed by atoms with van der Waals surface area (Å²) in [4.78, 5) is 16.1. The number of carbonyl (C=O) groups is 1. The number of benzene rings is 2. The number of hydrogen-bond acceptors (Lipinski definition) is 6. The summed E-state index contributed by atoms with van der Waals surface area (Å²) < 4.78 is 34.1. The van der Waals surface area contributed by atoms with Gasteiger partial charge in [-0.3, -0.25) is 13.2 Å². The lowest BCUT2D eigenvalue weighted by atomic mass is 9.67. The highest BCUT2D eigenvalue weighted by Gasteiger charge is 2.40. The van der Waals surface area contributed by atoms with Crippen LogP contribution in [0.5, 0.6) is 0 Å². The van der Waals surface area contributed by atoms with E-state index in [9.17, 15) is 4.79 Å². The van der Waals surface area contributed by atoms with Crippen LogP contribution in [0.4, 0.5) is 0 Å². The quantitative estimate of drug-likeness (QED) is 0.410. The smallest absolute Gasteiger partial charge is 0.147 e. The molecule has 0 unspecified atom stereocenters. The van der Waals surface area contributed by atoms with Gasteiger partial charge in [-0.25, -0.2) is 0 Å². The minimum atomic E-state index is -5.17. The van der Waals surface area contributed by atoms with Gasteiger partial charge in [-0.05, 0) is 62.9 Å². The van der Waals surface area contributed by atoms with Crippen LogP contribution in [0.3, 0.4) is 0 Å². The Bertz CT molecular complexity index is 862. The Labute approximate surface area is 192 Å². The number of nitrogens with zero attached hydrogens (tertiary/aromatic N) is 1. The van der Waals surface area contributed by atoms with Crippen LogP contribution in [0.15, 0.2) is 60.7 Å². The van der Waals surface area contributed by atoms with E-state index in [1.165, 1.54) is 32.4 Å². The van der Waals surface area contributed by atoms with Crippen LogP contribution in [0, 0.1) is 0 Å². The second-order valence-corrected chi connectivity index (χ2v) is 9.04. The maximum Gasteiger partial charge on any atom is 0.147 e. The van der Waals surface area contributed by atoms with E-state index in [-0.39, 0.29) is 0 Å². The number of rotatable bonds is 9. The van der Waals surface area contributed by atoms with Gasteiger partial charge < -0.3 is 14.0 Å². The van der Waals surface area contributed by atoms with Crippen LogP contribution in [-0.4, -0.2) is 47.8 Å². The Hall–Kier alpha value is -2.06. The maximum atomic E-state index is 13.5. The molecule has 0 aliphatic carbocycles. The van der Waals surface area contributed by atoms with Crippen LogP contribution in [0.25, 0.3) is 0 Å². The van der Waals surface area contributed by atoms with Crippen molar-refractivity contribution in [2.24, 2.45) is 0 Å². The zero-order valence-electron chi connectivity index (χ0n) is 18.7. The molecular weight excluding hydrogens is 426 g/mol. The van der Waals surface area contributed by atoms with Gasteiger partial charge in [0.15, 0.2) is 0 Å². The first-order valence-corrected chi connectivity index (χ1v) is 12.6. The van der Waals surface area contributed by atoms with Crippen molar-refractivity contribution in [2.75, 3.05) is 19.6 Å². The molecule has 1 aliphatic rings. The molecule has 32 heavy (non-hydrogen) atoms. The third-order valence-electron chi connectivity index (χ3n) is 5.96. The predicted molar refractivity (Wildman–Crippen MR) is 124 cm³/mol. The van der Waals surface area contributed by atoms with Gasteiger partial charge in [0, 0.05) is 16.8 Å². The first kappa shape index (κ1) is 26.2. The van der Waals surface area contributed by atoms with Crippen LogP contribution in [0.2, 0.25) is 0 Å². The van der Waals surface area contributed by atoms with Crippen molar-refractivity contribution in [1.29, 1.82) is 0 Å². The Morgan fingerprint density at radius 2 is 1.38 bits per heavy atom. The van der Waals surface area contributed by atoms with E-state index in [2.05, 4.69) is 60.4 Å². The van der Waals surface area contributed by atoms with Gasteiger partial charge in [0.2, 0.25) is 0 Å². The molecule has 2 aromatic carbocycles. The number of likely N-dealkylation sites (tertiary alicyclic amines) is 1. The zero-order chi connectivity index (χ0) is 23.5. The molecule has 0 aromatic heterocycles. The topological polar surface area (TPSA) is 101 Å². The molecule has 1 fully saturated rings. The van der Waals surface area contributed by atoms with Gasteiger partial charge >= 0.3 is 0 Å². The van der Waals surface area contributed by atoms with Crippen molar-refractivity contribution in [3.05, 3.63) is 71.8 Å². The second-order valence-electron chi connectivity index (χ2n) is 8.22. The van der Waals surface area contributed by atoms with E-state index in [0.717, 1.165) is 36.9 Å². The molecule has 6 nitrogen and oxygen atoms in total. The van der Waals surface area contributed by atoms with Crippen molar-refractivity contribution in [3.8, 4) is 0 Å². The van der Waals surface area contributed by atoms with Crippen molar-refractivity contribution >= 4 is 16.2 Å². The first-order chi connectivity index (χ1) is 15.3. The molecule has 0 N–H and O–H groups in total. The number of hydrogen-bond donors (Lipinski definition) is 0. The average molecular weight is 460 g/mol. The Morgan fingerprint density at radius 1 is 0.906 bits per heavy atom. The van der Waals surface area contributed by atoms with Crippen LogP contribution >= 0.6 is 0 Å². The molecule has 7 heteroatoms. The van der Waals surface area contributed by atoms with Gasteiger partial charge in [0.25, 0.3) is 0 Å². The SMILES string of the molecule is CCCC(=O)C(CCCN1CCCCC1)(c1ccccc1)c1ccccc1.O=S(=O)([O-])[O-]. The second kappa shape index (κ2) is 12.8. The molecule has 0 spiro atoms. The highest BCUT2D eigenvalue weighted by Crippen LogP contribution is 2.39. The van der Waals surface area contributed by atoms with Gasteiger partial charge in [-0.15, -0.1) is 0 Å². The average Bonchev–Trinajstić information content (AvgIpc) is 2.78. The first-order valence-electron chi connectivity index (χ1n) is 11.3. The fourth-order valence-corrected chi connectivity index (χ4v) is 4.55. The number of piperidine rings is 1. The molecular formula is C25H33NO5S-2. The molecule has 176 valence electrons. The molecule has 0 radical (unpaired) electrons.